The number of carboxylic acid groups (broad SMARTS) is 1. The molecule has 7 heteroatoms. The Balaban J connectivity index is 2.09. The number of amides is 2. The monoisotopic (exact) mass is 312 g/mol. The van der Waals surface area contributed by atoms with Crippen molar-refractivity contribution in [1.82, 2.24) is 5.32 Å². The van der Waals surface area contributed by atoms with Crippen LogP contribution in [0.3, 0.4) is 0 Å². The molecule has 0 bridgehead atoms. The lowest BCUT2D eigenvalue weighted by Crippen LogP contribution is -2.58. The van der Waals surface area contributed by atoms with E-state index in [4.69, 9.17) is 16.3 Å². The van der Waals surface area contributed by atoms with Crippen LogP contribution in [-0.2, 0) is 9.53 Å². The highest BCUT2D eigenvalue weighted by molar-refractivity contribution is 6.31. The second-order valence-corrected chi connectivity index (χ2v) is 5.40. The molecule has 0 spiro atoms. The quantitative estimate of drug-likeness (QED) is 0.799. The number of carbonyl (C=O) groups is 2. The molecule has 114 valence electrons. The summed E-state index contributed by atoms with van der Waals surface area (Å²) in [5.74, 6) is -1.05. The summed E-state index contributed by atoms with van der Waals surface area (Å²) in [4.78, 5) is 23.6. The molecule has 2 rings (SSSR count). The van der Waals surface area contributed by atoms with E-state index in [-0.39, 0.29) is 12.8 Å². The van der Waals surface area contributed by atoms with E-state index < -0.39 is 17.5 Å². The van der Waals surface area contributed by atoms with Crippen molar-refractivity contribution in [2.75, 3.05) is 18.5 Å². The van der Waals surface area contributed by atoms with Gasteiger partial charge in [-0.05, 0) is 24.6 Å². The molecule has 1 aliphatic rings. The zero-order valence-corrected chi connectivity index (χ0v) is 12.4. The molecule has 1 aromatic rings. The predicted octanol–water partition coefficient (Wildman–Crippen LogP) is 2.40. The van der Waals surface area contributed by atoms with Gasteiger partial charge in [-0.3, -0.25) is 0 Å². The van der Waals surface area contributed by atoms with Crippen LogP contribution in [0.15, 0.2) is 18.2 Å². The number of carbonyl (C=O) groups excluding carboxylic acids is 1. The number of anilines is 1. The van der Waals surface area contributed by atoms with Gasteiger partial charge in [0.2, 0.25) is 0 Å². The maximum atomic E-state index is 12.1. The fourth-order valence-electron chi connectivity index (χ4n) is 2.23. The minimum absolute atomic E-state index is 0.240. The summed E-state index contributed by atoms with van der Waals surface area (Å²) in [5, 5.41) is 15.1. The molecular weight excluding hydrogens is 296 g/mol. The molecule has 1 heterocycles. The van der Waals surface area contributed by atoms with E-state index in [0.29, 0.717) is 23.9 Å². The highest BCUT2D eigenvalue weighted by atomic mass is 35.5. The van der Waals surface area contributed by atoms with Gasteiger partial charge in [0.15, 0.2) is 0 Å². The standard InChI is InChI=1S/C14H17ClN2O4/c1-9-10(15)3-2-4-11(9)16-13(20)17-14(12(18)19)5-7-21-8-6-14/h2-4H,5-8H2,1H3,(H,18,19)(H2,16,17,20). The third kappa shape index (κ3) is 3.46. The molecule has 0 atom stereocenters. The summed E-state index contributed by atoms with van der Waals surface area (Å²) >= 11 is 5.98. The largest absolute Gasteiger partial charge is 0.480 e. The maximum Gasteiger partial charge on any atom is 0.329 e. The van der Waals surface area contributed by atoms with E-state index >= 15 is 0 Å². The normalized spacial score (nSPS) is 17.0. The van der Waals surface area contributed by atoms with E-state index in [1.54, 1.807) is 25.1 Å². The average molecular weight is 313 g/mol. The number of benzene rings is 1. The summed E-state index contributed by atoms with van der Waals surface area (Å²) in [6.07, 6.45) is 0.481. The van der Waals surface area contributed by atoms with E-state index in [0.717, 1.165) is 5.56 Å². The molecule has 0 radical (unpaired) electrons. The van der Waals surface area contributed by atoms with Gasteiger partial charge in [0.05, 0.1) is 0 Å². The lowest BCUT2D eigenvalue weighted by Gasteiger charge is -2.33. The Kier molecular flexibility index (Phi) is 4.69. The Morgan fingerprint density at radius 2 is 2.00 bits per heavy atom. The number of hydrogen-bond donors (Lipinski definition) is 3. The topological polar surface area (TPSA) is 87.7 Å². The van der Waals surface area contributed by atoms with Crippen molar-refractivity contribution < 1.29 is 19.4 Å². The molecule has 2 amide bonds. The first kappa shape index (κ1) is 15.6. The fourth-order valence-corrected chi connectivity index (χ4v) is 2.40. The first-order valence-electron chi connectivity index (χ1n) is 6.60. The van der Waals surface area contributed by atoms with Crippen molar-refractivity contribution in [2.45, 2.75) is 25.3 Å². The van der Waals surface area contributed by atoms with Crippen molar-refractivity contribution in [3.63, 3.8) is 0 Å². The van der Waals surface area contributed by atoms with Gasteiger partial charge in [-0.25, -0.2) is 9.59 Å². The average Bonchev–Trinajstić information content (AvgIpc) is 2.44. The van der Waals surface area contributed by atoms with Crippen LogP contribution in [-0.4, -0.2) is 35.9 Å². The zero-order valence-electron chi connectivity index (χ0n) is 11.6. The van der Waals surface area contributed by atoms with Crippen molar-refractivity contribution in [1.29, 1.82) is 0 Å². The predicted molar refractivity (Wildman–Crippen MR) is 78.8 cm³/mol. The number of ether oxygens (including phenoxy) is 1. The van der Waals surface area contributed by atoms with Gasteiger partial charge in [-0.2, -0.15) is 0 Å². The minimum atomic E-state index is -1.28. The van der Waals surface area contributed by atoms with E-state index in [9.17, 15) is 14.7 Å². The number of urea groups is 1. The van der Waals surface area contributed by atoms with Gasteiger partial charge in [0.25, 0.3) is 0 Å². The molecule has 1 saturated heterocycles. The molecule has 6 nitrogen and oxygen atoms in total. The van der Waals surface area contributed by atoms with Crippen LogP contribution in [0.2, 0.25) is 5.02 Å². The number of halogens is 1. The van der Waals surface area contributed by atoms with Gasteiger partial charge in [-0.15, -0.1) is 0 Å². The summed E-state index contributed by atoms with van der Waals surface area (Å²) in [7, 11) is 0. The fraction of sp³-hybridized carbons (Fsp3) is 0.429. The Bertz CT molecular complexity index is 556. The minimum Gasteiger partial charge on any atom is -0.480 e. The molecule has 0 aromatic heterocycles. The van der Waals surface area contributed by atoms with Crippen molar-refractivity contribution in [3.8, 4) is 0 Å². The van der Waals surface area contributed by atoms with Crippen molar-refractivity contribution in [2.24, 2.45) is 0 Å². The first-order valence-corrected chi connectivity index (χ1v) is 6.98. The molecule has 1 aromatic carbocycles. The van der Waals surface area contributed by atoms with Crippen LogP contribution in [0.25, 0.3) is 0 Å². The molecule has 1 aliphatic heterocycles. The number of hydrogen-bond acceptors (Lipinski definition) is 3. The van der Waals surface area contributed by atoms with Gasteiger partial charge in [0, 0.05) is 36.8 Å². The Morgan fingerprint density at radius 1 is 1.33 bits per heavy atom. The van der Waals surface area contributed by atoms with E-state index in [1.165, 1.54) is 0 Å². The van der Waals surface area contributed by atoms with Crippen LogP contribution in [0.5, 0.6) is 0 Å². The number of aliphatic carboxylic acids is 1. The van der Waals surface area contributed by atoms with Crippen LogP contribution in [0.4, 0.5) is 10.5 Å². The SMILES string of the molecule is Cc1c(Cl)cccc1NC(=O)NC1(C(=O)O)CCOCC1. The number of nitrogens with one attached hydrogen (secondary N) is 2. The second kappa shape index (κ2) is 6.32. The lowest BCUT2D eigenvalue weighted by molar-refractivity contribution is -0.148. The molecule has 0 unspecified atom stereocenters. The second-order valence-electron chi connectivity index (χ2n) is 4.99. The van der Waals surface area contributed by atoms with Crippen molar-refractivity contribution in [3.05, 3.63) is 28.8 Å². The van der Waals surface area contributed by atoms with Crippen LogP contribution in [0.1, 0.15) is 18.4 Å². The van der Waals surface area contributed by atoms with Crippen molar-refractivity contribution >= 4 is 29.3 Å². The molecule has 3 N–H and O–H groups in total. The third-order valence-corrected chi connectivity index (χ3v) is 4.03. The van der Waals surface area contributed by atoms with Gasteiger partial charge >= 0.3 is 12.0 Å². The van der Waals surface area contributed by atoms with E-state index in [2.05, 4.69) is 10.6 Å². The smallest absolute Gasteiger partial charge is 0.329 e. The Hall–Kier alpha value is -1.79. The van der Waals surface area contributed by atoms with Gasteiger partial charge in [0.1, 0.15) is 5.54 Å². The number of rotatable bonds is 3. The number of carboxylic acids is 1. The highest BCUT2D eigenvalue weighted by Gasteiger charge is 2.41. The first-order chi connectivity index (χ1) is 9.94. The lowest BCUT2D eigenvalue weighted by atomic mass is 9.90. The van der Waals surface area contributed by atoms with E-state index in [1.807, 2.05) is 0 Å². The van der Waals surface area contributed by atoms with Crippen LogP contribution >= 0.6 is 11.6 Å². The summed E-state index contributed by atoms with van der Waals surface area (Å²) < 4.78 is 5.16. The third-order valence-electron chi connectivity index (χ3n) is 3.62. The highest BCUT2D eigenvalue weighted by Crippen LogP contribution is 2.24. The molecule has 1 fully saturated rings. The van der Waals surface area contributed by atoms with Gasteiger partial charge < -0.3 is 20.5 Å². The van der Waals surface area contributed by atoms with Crippen LogP contribution in [0, 0.1) is 6.92 Å². The van der Waals surface area contributed by atoms with Crippen LogP contribution < -0.4 is 10.6 Å². The Labute approximate surface area is 127 Å². The van der Waals surface area contributed by atoms with Gasteiger partial charge in [-0.1, -0.05) is 17.7 Å². The molecule has 0 aliphatic carbocycles. The maximum absolute atomic E-state index is 12.1. The summed E-state index contributed by atoms with van der Waals surface area (Å²) in [5.41, 5.74) is -0.00675. The summed E-state index contributed by atoms with van der Waals surface area (Å²) in [6.45, 7) is 2.39. The molecule has 21 heavy (non-hydrogen) atoms. The zero-order chi connectivity index (χ0) is 15.5. The Morgan fingerprint density at radius 3 is 2.62 bits per heavy atom. The molecular formula is C14H17ClN2O4. The molecule has 0 saturated carbocycles. The summed E-state index contributed by atoms with van der Waals surface area (Å²) in [6, 6.07) is 4.58.